The molecular weight excluding hydrogens is 326 g/mol. The molecule has 1 saturated carbocycles. The fourth-order valence-electron chi connectivity index (χ4n) is 3.76. The number of aromatic nitrogens is 1. The van der Waals surface area contributed by atoms with E-state index in [1.165, 1.54) is 6.92 Å². The molecule has 1 fully saturated rings. The number of carbonyl (C=O) groups is 3. The number of ketones is 3. The summed E-state index contributed by atoms with van der Waals surface area (Å²) in [7, 11) is 0. The second-order valence-electron chi connectivity index (χ2n) is 6.91. The van der Waals surface area contributed by atoms with Crippen LogP contribution in [0.25, 0.3) is 6.08 Å². The summed E-state index contributed by atoms with van der Waals surface area (Å²) in [6.45, 7) is 7.33. The first kappa shape index (κ1) is 17.9. The molecule has 1 heterocycles. The van der Waals surface area contributed by atoms with Crippen LogP contribution in [0, 0.1) is 20.8 Å². The third kappa shape index (κ3) is 3.15. The number of hydrogen-bond donors (Lipinski definition) is 0. The molecule has 1 aromatic carbocycles. The van der Waals surface area contributed by atoms with Gasteiger partial charge < -0.3 is 0 Å². The Bertz CT molecular complexity index is 946. The minimum absolute atomic E-state index is 0.0736. The van der Waals surface area contributed by atoms with Crippen LogP contribution in [0.1, 0.15) is 57.6 Å². The van der Waals surface area contributed by atoms with Crippen molar-refractivity contribution in [1.82, 2.24) is 4.98 Å². The Morgan fingerprint density at radius 1 is 1.15 bits per heavy atom. The summed E-state index contributed by atoms with van der Waals surface area (Å²) in [5.74, 6) is -1.17. The molecule has 2 aromatic rings. The molecule has 0 amide bonds. The summed E-state index contributed by atoms with van der Waals surface area (Å²) >= 11 is 0. The van der Waals surface area contributed by atoms with Gasteiger partial charge in [-0.05, 0) is 62.6 Å². The maximum atomic E-state index is 13.0. The topological polar surface area (TPSA) is 64.1 Å². The molecule has 3 rings (SSSR count). The SMILES string of the molecule is CC(=O)c1cccnc1C=C1CC(=O)C(c2c(C)cc(C)cc2C)C1=O. The van der Waals surface area contributed by atoms with Gasteiger partial charge in [-0.1, -0.05) is 17.7 Å². The molecule has 0 radical (unpaired) electrons. The van der Waals surface area contributed by atoms with Gasteiger partial charge in [0.15, 0.2) is 17.3 Å². The van der Waals surface area contributed by atoms with Crippen molar-refractivity contribution in [2.75, 3.05) is 0 Å². The van der Waals surface area contributed by atoms with E-state index in [9.17, 15) is 14.4 Å². The van der Waals surface area contributed by atoms with Gasteiger partial charge in [0, 0.05) is 23.8 Å². The number of allylic oxidation sites excluding steroid dienone is 1. The third-order valence-electron chi connectivity index (χ3n) is 4.82. The molecule has 26 heavy (non-hydrogen) atoms. The number of benzene rings is 1. The standard InChI is InChI=1S/C22H21NO3/c1-12-8-13(2)20(14(3)9-12)21-19(25)11-16(22(21)26)10-18-17(15(4)24)6-5-7-23-18/h5-10,21H,11H2,1-4H3. The van der Waals surface area contributed by atoms with Crippen molar-refractivity contribution in [3.05, 3.63) is 69.5 Å². The number of rotatable bonds is 3. The van der Waals surface area contributed by atoms with Gasteiger partial charge in [-0.15, -0.1) is 0 Å². The van der Waals surface area contributed by atoms with Crippen LogP contribution < -0.4 is 0 Å². The van der Waals surface area contributed by atoms with Crippen molar-refractivity contribution in [3.63, 3.8) is 0 Å². The summed E-state index contributed by atoms with van der Waals surface area (Å²) in [4.78, 5) is 41.6. The van der Waals surface area contributed by atoms with Crippen molar-refractivity contribution in [2.45, 2.75) is 40.0 Å². The first-order valence-electron chi connectivity index (χ1n) is 8.60. The van der Waals surface area contributed by atoms with Gasteiger partial charge in [0.05, 0.1) is 5.69 Å². The van der Waals surface area contributed by atoms with E-state index < -0.39 is 5.92 Å². The average molecular weight is 347 g/mol. The van der Waals surface area contributed by atoms with Gasteiger partial charge in [-0.2, -0.15) is 0 Å². The lowest BCUT2D eigenvalue weighted by Crippen LogP contribution is -2.15. The van der Waals surface area contributed by atoms with Crippen LogP contribution in [0.3, 0.4) is 0 Å². The molecule has 0 aliphatic heterocycles. The largest absolute Gasteiger partial charge is 0.298 e. The van der Waals surface area contributed by atoms with Gasteiger partial charge >= 0.3 is 0 Å². The zero-order chi connectivity index (χ0) is 19.0. The molecule has 4 nitrogen and oxygen atoms in total. The highest BCUT2D eigenvalue weighted by Gasteiger charge is 2.39. The molecule has 132 valence electrons. The van der Waals surface area contributed by atoms with E-state index in [-0.39, 0.29) is 23.8 Å². The third-order valence-corrected chi connectivity index (χ3v) is 4.82. The maximum Gasteiger partial charge on any atom is 0.174 e. The average Bonchev–Trinajstić information content (AvgIpc) is 2.82. The lowest BCUT2D eigenvalue weighted by atomic mass is 9.87. The predicted octanol–water partition coefficient (Wildman–Crippen LogP) is 3.92. The number of hydrogen-bond acceptors (Lipinski definition) is 4. The monoisotopic (exact) mass is 347 g/mol. The molecule has 0 N–H and O–H groups in total. The molecule has 0 bridgehead atoms. The number of aryl methyl sites for hydroxylation is 3. The van der Waals surface area contributed by atoms with E-state index in [0.717, 1.165) is 22.3 Å². The second-order valence-corrected chi connectivity index (χ2v) is 6.91. The van der Waals surface area contributed by atoms with Crippen LogP contribution in [0.2, 0.25) is 0 Å². The van der Waals surface area contributed by atoms with Crippen molar-refractivity contribution in [3.8, 4) is 0 Å². The van der Waals surface area contributed by atoms with E-state index >= 15 is 0 Å². The van der Waals surface area contributed by atoms with Crippen molar-refractivity contribution >= 4 is 23.4 Å². The van der Waals surface area contributed by atoms with E-state index in [0.29, 0.717) is 16.8 Å². The Labute approximate surface area is 153 Å². The summed E-state index contributed by atoms with van der Waals surface area (Å²) in [6, 6.07) is 7.35. The van der Waals surface area contributed by atoms with Crippen LogP contribution in [0.15, 0.2) is 36.0 Å². The molecule has 0 saturated heterocycles. The van der Waals surface area contributed by atoms with Gasteiger partial charge in [0.25, 0.3) is 0 Å². The van der Waals surface area contributed by atoms with Gasteiger partial charge in [0.1, 0.15) is 5.92 Å². The zero-order valence-corrected chi connectivity index (χ0v) is 15.4. The Morgan fingerprint density at radius 3 is 2.42 bits per heavy atom. The molecule has 1 unspecified atom stereocenters. The van der Waals surface area contributed by atoms with Crippen LogP contribution >= 0.6 is 0 Å². The Balaban J connectivity index is 2.05. The Hall–Kier alpha value is -2.88. The van der Waals surface area contributed by atoms with Crippen LogP contribution in [0.5, 0.6) is 0 Å². The minimum atomic E-state index is -0.758. The first-order chi connectivity index (χ1) is 12.3. The summed E-state index contributed by atoms with van der Waals surface area (Å²) in [5.41, 5.74) is 5.13. The predicted molar refractivity (Wildman–Crippen MR) is 100 cm³/mol. The highest BCUT2D eigenvalue weighted by Crippen LogP contribution is 2.36. The highest BCUT2D eigenvalue weighted by molar-refractivity contribution is 6.24. The van der Waals surface area contributed by atoms with E-state index in [2.05, 4.69) is 4.98 Å². The lowest BCUT2D eigenvalue weighted by molar-refractivity contribution is -0.123. The molecule has 1 aliphatic rings. The van der Waals surface area contributed by atoms with Gasteiger partial charge in [-0.25, -0.2) is 0 Å². The quantitative estimate of drug-likeness (QED) is 0.480. The molecule has 1 atom stereocenters. The Kier molecular flexibility index (Phi) is 4.68. The molecule has 4 heteroatoms. The van der Waals surface area contributed by atoms with Crippen molar-refractivity contribution in [1.29, 1.82) is 0 Å². The number of nitrogens with zero attached hydrogens (tertiary/aromatic N) is 1. The normalized spacial score (nSPS) is 18.6. The lowest BCUT2D eigenvalue weighted by Gasteiger charge is -2.15. The van der Waals surface area contributed by atoms with Crippen LogP contribution in [-0.2, 0) is 9.59 Å². The van der Waals surface area contributed by atoms with Gasteiger partial charge in [0.2, 0.25) is 0 Å². The van der Waals surface area contributed by atoms with Crippen LogP contribution in [-0.4, -0.2) is 22.3 Å². The molecule has 0 spiro atoms. The van der Waals surface area contributed by atoms with E-state index in [1.54, 1.807) is 24.4 Å². The number of pyridine rings is 1. The summed E-state index contributed by atoms with van der Waals surface area (Å²) < 4.78 is 0. The zero-order valence-electron chi connectivity index (χ0n) is 15.4. The fourth-order valence-corrected chi connectivity index (χ4v) is 3.76. The van der Waals surface area contributed by atoms with E-state index in [1.807, 2.05) is 32.9 Å². The summed E-state index contributed by atoms with van der Waals surface area (Å²) in [5, 5.41) is 0. The van der Waals surface area contributed by atoms with Gasteiger partial charge in [-0.3, -0.25) is 19.4 Å². The second kappa shape index (κ2) is 6.79. The number of Topliss-reactive ketones (excluding diaryl/α,β-unsaturated/α-hetero) is 3. The molecule has 1 aliphatic carbocycles. The number of carbonyl (C=O) groups excluding carboxylic acids is 3. The molecule has 1 aromatic heterocycles. The Morgan fingerprint density at radius 2 is 1.81 bits per heavy atom. The smallest absolute Gasteiger partial charge is 0.174 e. The fraction of sp³-hybridized carbons (Fsp3) is 0.273. The molecular formula is C22H21NO3. The first-order valence-corrected chi connectivity index (χ1v) is 8.60. The van der Waals surface area contributed by atoms with E-state index in [4.69, 9.17) is 0 Å². The maximum absolute atomic E-state index is 13.0. The van der Waals surface area contributed by atoms with Crippen molar-refractivity contribution in [2.24, 2.45) is 0 Å². The summed E-state index contributed by atoms with van der Waals surface area (Å²) in [6.07, 6.45) is 3.24. The van der Waals surface area contributed by atoms with Crippen molar-refractivity contribution < 1.29 is 14.4 Å². The highest BCUT2D eigenvalue weighted by atomic mass is 16.2. The van der Waals surface area contributed by atoms with Crippen LogP contribution in [0.4, 0.5) is 0 Å². The minimum Gasteiger partial charge on any atom is -0.298 e.